The largest absolute Gasteiger partial charge is 0.444 e. The molecule has 0 aliphatic carbocycles. The first kappa shape index (κ1) is 25.8. The minimum Gasteiger partial charge on any atom is -0.444 e. The Morgan fingerprint density at radius 1 is 1.16 bits per heavy atom. The number of ether oxygens (including phenoxy) is 1. The van der Waals surface area contributed by atoms with Crippen LogP contribution in [0.3, 0.4) is 0 Å². The molecular formula is C22H32IN7O2. The van der Waals surface area contributed by atoms with Crippen molar-refractivity contribution in [2.75, 3.05) is 19.8 Å². The fourth-order valence-electron chi connectivity index (χ4n) is 2.84. The summed E-state index contributed by atoms with van der Waals surface area (Å²) in [5, 5.41) is 14.9. The molecule has 0 spiro atoms. The van der Waals surface area contributed by atoms with Crippen molar-refractivity contribution >= 4 is 29.9 Å². The van der Waals surface area contributed by atoms with Crippen LogP contribution in [0.25, 0.3) is 11.5 Å². The minimum absolute atomic E-state index is 0. The van der Waals surface area contributed by atoms with Gasteiger partial charge in [-0.15, -0.1) is 34.2 Å². The molecular weight excluding hydrogens is 521 g/mol. The van der Waals surface area contributed by atoms with Crippen LogP contribution in [0, 0.1) is 13.8 Å². The van der Waals surface area contributed by atoms with Crippen LogP contribution in [-0.4, -0.2) is 45.5 Å². The molecule has 0 saturated carbocycles. The van der Waals surface area contributed by atoms with Gasteiger partial charge in [-0.1, -0.05) is 17.7 Å². The summed E-state index contributed by atoms with van der Waals surface area (Å²) >= 11 is 0. The number of aryl methyl sites for hydroxylation is 2. The van der Waals surface area contributed by atoms with E-state index in [0.717, 1.165) is 42.5 Å². The van der Waals surface area contributed by atoms with Crippen molar-refractivity contribution < 1.29 is 9.15 Å². The number of nitrogens with zero attached hydrogens (tertiary/aromatic N) is 5. The summed E-state index contributed by atoms with van der Waals surface area (Å²) in [6.45, 7) is 9.06. The van der Waals surface area contributed by atoms with Crippen molar-refractivity contribution in [2.24, 2.45) is 12.0 Å². The summed E-state index contributed by atoms with van der Waals surface area (Å²) in [6, 6.07) is 8.09. The van der Waals surface area contributed by atoms with Crippen LogP contribution in [0.15, 0.2) is 39.9 Å². The van der Waals surface area contributed by atoms with E-state index in [0.29, 0.717) is 31.5 Å². The third kappa shape index (κ3) is 7.59. The second-order valence-corrected chi connectivity index (χ2v) is 7.23. The highest BCUT2D eigenvalue weighted by Crippen LogP contribution is 2.19. The van der Waals surface area contributed by atoms with Crippen LogP contribution in [0.2, 0.25) is 0 Å². The predicted molar refractivity (Wildman–Crippen MR) is 135 cm³/mol. The molecule has 10 heteroatoms. The smallest absolute Gasteiger partial charge is 0.226 e. The standard InChI is InChI=1S/C22H31N7O2.HI/c1-5-30-12-6-11-23-22(25-14-20-28-27-17(3)29(20)4)24-13-19-15-31-21(26-19)18-9-7-16(2)8-10-18;/h7-10,15H,5-6,11-14H2,1-4H3,(H2,23,24,25);1H. The number of aliphatic imine (C=N–C) groups is 1. The topological polar surface area (TPSA) is 102 Å². The van der Waals surface area contributed by atoms with Gasteiger partial charge in [-0.05, 0) is 39.3 Å². The molecule has 3 aromatic rings. The van der Waals surface area contributed by atoms with Crippen LogP contribution >= 0.6 is 24.0 Å². The highest BCUT2D eigenvalue weighted by Gasteiger charge is 2.09. The van der Waals surface area contributed by atoms with Gasteiger partial charge in [-0.3, -0.25) is 0 Å². The third-order valence-electron chi connectivity index (χ3n) is 4.81. The molecule has 2 N–H and O–H groups in total. The van der Waals surface area contributed by atoms with E-state index in [1.807, 2.05) is 49.7 Å². The first-order valence-electron chi connectivity index (χ1n) is 10.5. The van der Waals surface area contributed by atoms with E-state index in [1.165, 1.54) is 5.56 Å². The highest BCUT2D eigenvalue weighted by atomic mass is 127. The Labute approximate surface area is 206 Å². The number of guanidine groups is 1. The maximum atomic E-state index is 5.64. The molecule has 0 unspecified atom stereocenters. The molecule has 2 aromatic heterocycles. The molecule has 0 atom stereocenters. The average Bonchev–Trinajstić information content (AvgIpc) is 3.37. The Morgan fingerprint density at radius 3 is 2.62 bits per heavy atom. The Balaban J connectivity index is 0.00000363. The molecule has 9 nitrogen and oxygen atoms in total. The van der Waals surface area contributed by atoms with Gasteiger partial charge in [0.15, 0.2) is 11.8 Å². The van der Waals surface area contributed by atoms with Gasteiger partial charge in [0.25, 0.3) is 0 Å². The molecule has 0 radical (unpaired) electrons. The van der Waals surface area contributed by atoms with Gasteiger partial charge in [-0.25, -0.2) is 9.98 Å². The fourth-order valence-corrected chi connectivity index (χ4v) is 2.84. The second-order valence-electron chi connectivity index (χ2n) is 7.23. The molecule has 2 heterocycles. The summed E-state index contributed by atoms with van der Waals surface area (Å²) in [5.74, 6) is 2.98. The molecule has 174 valence electrons. The lowest BCUT2D eigenvalue weighted by Gasteiger charge is -2.12. The number of halogens is 1. The van der Waals surface area contributed by atoms with E-state index in [9.17, 15) is 0 Å². The molecule has 32 heavy (non-hydrogen) atoms. The lowest BCUT2D eigenvalue weighted by atomic mass is 10.1. The molecule has 0 aliphatic heterocycles. The number of aromatic nitrogens is 4. The van der Waals surface area contributed by atoms with Gasteiger partial charge >= 0.3 is 0 Å². The van der Waals surface area contributed by atoms with Crippen molar-refractivity contribution in [3.8, 4) is 11.5 Å². The van der Waals surface area contributed by atoms with Crippen LogP contribution in [0.5, 0.6) is 0 Å². The van der Waals surface area contributed by atoms with E-state index >= 15 is 0 Å². The average molecular weight is 553 g/mol. The van der Waals surface area contributed by atoms with Crippen molar-refractivity contribution in [2.45, 2.75) is 40.3 Å². The monoisotopic (exact) mass is 553 g/mol. The van der Waals surface area contributed by atoms with Gasteiger partial charge in [-0.2, -0.15) is 0 Å². The summed E-state index contributed by atoms with van der Waals surface area (Å²) < 4.78 is 13.0. The predicted octanol–water partition coefficient (Wildman–Crippen LogP) is 3.37. The molecule has 3 rings (SSSR count). The number of hydrogen-bond donors (Lipinski definition) is 2. The van der Waals surface area contributed by atoms with Crippen LogP contribution < -0.4 is 10.6 Å². The SMILES string of the molecule is CCOCCCNC(=NCc1coc(-c2ccc(C)cc2)n1)NCc1nnc(C)n1C.I. The first-order valence-corrected chi connectivity index (χ1v) is 10.5. The van der Waals surface area contributed by atoms with Crippen molar-refractivity contribution in [1.29, 1.82) is 0 Å². The molecule has 0 bridgehead atoms. The van der Waals surface area contributed by atoms with Gasteiger partial charge in [0.05, 0.1) is 13.1 Å². The summed E-state index contributed by atoms with van der Waals surface area (Å²) in [5.41, 5.74) is 2.91. The lowest BCUT2D eigenvalue weighted by molar-refractivity contribution is 0.145. The van der Waals surface area contributed by atoms with E-state index in [1.54, 1.807) is 6.26 Å². The Hall–Kier alpha value is -2.47. The number of nitrogens with one attached hydrogen (secondary N) is 2. The number of benzene rings is 1. The lowest BCUT2D eigenvalue weighted by Crippen LogP contribution is -2.38. The number of hydrogen-bond acceptors (Lipinski definition) is 6. The zero-order valence-corrected chi connectivity index (χ0v) is 21.4. The van der Waals surface area contributed by atoms with Crippen molar-refractivity contribution in [3.63, 3.8) is 0 Å². The fraction of sp³-hybridized carbons (Fsp3) is 0.455. The number of oxazole rings is 1. The summed E-state index contributed by atoms with van der Waals surface area (Å²) in [7, 11) is 1.95. The van der Waals surface area contributed by atoms with Crippen molar-refractivity contribution in [3.05, 3.63) is 53.4 Å². The second kappa shape index (κ2) is 13.2. The number of rotatable bonds is 10. The van der Waals surface area contributed by atoms with Gasteiger partial charge in [0.2, 0.25) is 5.89 Å². The normalized spacial score (nSPS) is 11.3. The van der Waals surface area contributed by atoms with Crippen molar-refractivity contribution in [1.82, 2.24) is 30.4 Å². The van der Waals surface area contributed by atoms with Crippen LogP contribution in [-0.2, 0) is 24.9 Å². The Bertz CT molecular complexity index is 983. The maximum Gasteiger partial charge on any atom is 0.226 e. The Morgan fingerprint density at radius 2 is 1.94 bits per heavy atom. The maximum absolute atomic E-state index is 5.64. The van der Waals surface area contributed by atoms with E-state index in [-0.39, 0.29) is 24.0 Å². The van der Waals surface area contributed by atoms with Gasteiger partial charge in [0, 0.05) is 32.4 Å². The van der Waals surface area contributed by atoms with Gasteiger partial charge < -0.3 is 24.4 Å². The summed E-state index contributed by atoms with van der Waals surface area (Å²) in [6.07, 6.45) is 2.54. The highest BCUT2D eigenvalue weighted by molar-refractivity contribution is 14.0. The molecule has 0 fully saturated rings. The van der Waals surface area contributed by atoms with Crippen LogP contribution in [0.4, 0.5) is 0 Å². The zero-order chi connectivity index (χ0) is 22.1. The van der Waals surface area contributed by atoms with E-state index in [4.69, 9.17) is 9.15 Å². The minimum atomic E-state index is 0. The molecule has 0 saturated heterocycles. The molecule has 0 aliphatic rings. The quantitative estimate of drug-likeness (QED) is 0.172. The molecule has 1 aromatic carbocycles. The molecule has 0 amide bonds. The first-order chi connectivity index (χ1) is 15.1. The third-order valence-corrected chi connectivity index (χ3v) is 4.81. The zero-order valence-electron chi connectivity index (χ0n) is 19.1. The van der Waals surface area contributed by atoms with Crippen LogP contribution in [0.1, 0.15) is 36.3 Å². The van der Waals surface area contributed by atoms with Gasteiger partial charge in [0.1, 0.15) is 17.8 Å². The van der Waals surface area contributed by atoms with E-state index in [2.05, 4.69) is 37.7 Å². The summed E-state index contributed by atoms with van der Waals surface area (Å²) in [4.78, 5) is 9.22. The Kier molecular flexibility index (Phi) is 10.6. The van der Waals surface area contributed by atoms with E-state index < -0.39 is 0 Å².